The Morgan fingerprint density at radius 2 is 2.10 bits per heavy atom. The Labute approximate surface area is 118 Å². The molecule has 0 saturated heterocycles. The van der Waals surface area contributed by atoms with Crippen LogP contribution in [-0.2, 0) is 4.79 Å². The number of rotatable bonds is 8. The van der Waals surface area contributed by atoms with Gasteiger partial charge in [0, 0.05) is 25.2 Å². The van der Waals surface area contributed by atoms with Gasteiger partial charge in [-0.05, 0) is 18.6 Å². The second kappa shape index (κ2) is 8.12. The maximum absolute atomic E-state index is 12.0. The van der Waals surface area contributed by atoms with Gasteiger partial charge in [-0.3, -0.25) is 14.5 Å². The zero-order chi connectivity index (χ0) is 15.0. The molecule has 0 aliphatic carbocycles. The van der Waals surface area contributed by atoms with Crippen LogP contribution < -0.4 is 5.32 Å². The lowest BCUT2D eigenvalue weighted by molar-refractivity contribution is -0.138. The summed E-state index contributed by atoms with van der Waals surface area (Å²) in [5, 5.41) is 11.6. The molecule has 5 heteroatoms. The number of carboxylic acid groups (broad SMARTS) is 1. The molecule has 0 aromatic heterocycles. The van der Waals surface area contributed by atoms with Gasteiger partial charge in [0.2, 0.25) is 0 Å². The molecule has 0 unspecified atom stereocenters. The monoisotopic (exact) mass is 276 g/mol. The SMILES string of the molecule is C=CCN(CCNC(=O)c1ccccc1C)CC(=O)O. The summed E-state index contributed by atoms with van der Waals surface area (Å²) in [6, 6.07) is 7.34. The fourth-order valence-corrected chi connectivity index (χ4v) is 1.86. The van der Waals surface area contributed by atoms with Crippen molar-refractivity contribution < 1.29 is 14.7 Å². The molecular weight excluding hydrogens is 256 g/mol. The molecule has 1 aromatic rings. The maximum Gasteiger partial charge on any atom is 0.317 e. The Bertz CT molecular complexity index is 486. The molecule has 0 radical (unpaired) electrons. The highest BCUT2D eigenvalue weighted by atomic mass is 16.4. The van der Waals surface area contributed by atoms with E-state index in [1.165, 1.54) is 0 Å². The third kappa shape index (κ3) is 5.24. The first-order chi connectivity index (χ1) is 9.54. The Morgan fingerprint density at radius 1 is 1.40 bits per heavy atom. The smallest absolute Gasteiger partial charge is 0.317 e. The van der Waals surface area contributed by atoms with E-state index >= 15 is 0 Å². The van der Waals surface area contributed by atoms with E-state index < -0.39 is 5.97 Å². The summed E-state index contributed by atoms with van der Waals surface area (Å²) in [5.74, 6) is -1.03. The summed E-state index contributed by atoms with van der Waals surface area (Å²) < 4.78 is 0. The van der Waals surface area contributed by atoms with Crippen LogP contribution in [0.4, 0.5) is 0 Å². The first-order valence-electron chi connectivity index (χ1n) is 6.43. The molecule has 0 aliphatic rings. The van der Waals surface area contributed by atoms with Gasteiger partial charge in [-0.1, -0.05) is 24.3 Å². The highest BCUT2D eigenvalue weighted by Crippen LogP contribution is 2.06. The van der Waals surface area contributed by atoms with Crippen molar-refractivity contribution >= 4 is 11.9 Å². The third-order valence-electron chi connectivity index (χ3n) is 2.85. The molecule has 1 aromatic carbocycles. The fourth-order valence-electron chi connectivity index (χ4n) is 1.86. The molecule has 5 nitrogen and oxygen atoms in total. The number of aryl methyl sites for hydroxylation is 1. The Hall–Kier alpha value is -2.14. The molecule has 1 amide bonds. The molecule has 0 heterocycles. The van der Waals surface area contributed by atoms with Gasteiger partial charge in [0.1, 0.15) is 0 Å². The second-order valence-electron chi connectivity index (χ2n) is 4.49. The number of benzene rings is 1. The molecular formula is C15H20N2O3. The van der Waals surface area contributed by atoms with Gasteiger partial charge in [-0.25, -0.2) is 0 Å². The maximum atomic E-state index is 12.0. The lowest BCUT2D eigenvalue weighted by Gasteiger charge is -2.18. The number of nitrogens with zero attached hydrogens (tertiary/aromatic N) is 1. The quantitative estimate of drug-likeness (QED) is 0.702. The van der Waals surface area contributed by atoms with Gasteiger partial charge in [0.15, 0.2) is 0 Å². The van der Waals surface area contributed by atoms with Crippen LogP contribution in [0.5, 0.6) is 0 Å². The third-order valence-corrected chi connectivity index (χ3v) is 2.85. The van der Waals surface area contributed by atoms with Crippen molar-refractivity contribution in [3.05, 3.63) is 48.0 Å². The standard InChI is InChI=1S/C15H20N2O3/c1-3-9-17(11-14(18)19)10-8-16-15(20)13-7-5-4-6-12(13)2/h3-7H,1,8-11H2,2H3,(H,16,20)(H,18,19). The number of hydrogen-bond donors (Lipinski definition) is 2. The lowest BCUT2D eigenvalue weighted by atomic mass is 10.1. The van der Waals surface area contributed by atoms with Crippen molar-refractivity contribution in [2.75, 3.05) is 26.2 Å². The second-order valence-corrected chi connectivity index (χ2v) is 4.49. The minimum atomic E-state index is -0.892. The fraction of sp³-hybridized carbons (Fsp3) is 0.333. The van der Waals surface area contributed by atoms with Crippen molar-refractivity contribution in [3.63, 3.8) is 0 Å². The predicted octanol–water partition coefficient (Wildman–Crippen LogP) is 1.30. The number of amides is 1. The largest absolute Gasteiger partial charge is 0.480 e. The molecule has 2 N–H and O–H groups in total. The Kier molecular flexibility index (Phi) is 6.46. The number of carbonyl (C=O) groups is 2. The minimum Gasteiger partial charge on any atom is -0.480 e. The van der Waals surface area contributed by atoms with E-state index in [-0.39, 0.29) is 12.5 Å². The first-order valence-corrected chi connectivity index (χ1v) is 6.43. The van der Waals surface area contributed by atoms with E-state index in [0.717, 1.165) is 5.56 Å². The molecule has 0 bridgehead atoms. The number of nitrogens with one attached hydrogen (secondary N) is 1. The first kappa shape index (κ1) is 15.9. The zero-order valence-corrected chi connectivity index (χ0v) is 11.6. The van der Waals surface area contributed by atoms with E-state index in [0.29, 0.717) is 25.2 Å². The van der Waals surface area contributed by atoms with Crippen molar-refractivity contribution in [2.45, 2.75) is 6.92 Å². The van der Waals surface area contributed by atoms with Crippen LogP contribution in [0, 0.1) is 6.92 Å². The molecule has 108 valence electrons. The van der Waals surface area contributed by atoms with Crippen molar-refractivity contribution in [1.29, 1.82) is 0 Å². The number of aliphatic carboxylic acids is 1. The molecule has 20 heavy (non-hydrogen) atoms. The van der Waals surface area contributed by atoms with Gasteiger partial charge < -0.3 is 10.4 Å². The summed E-state index contributed by atoms with van der Waals surface area (Å²) in [6.45, 7) is 6.75. The van der Waals surface area contributed by atoms with E-state index in [9.17, 15) is 9.59 Å². The van der Waals surface area contributed by atoms with Crippen molar-refractivity contribution in [1.82, 2.24) is 10.2 Å². The number of carbonyl (C=O) groups excluding carboxylic acids is 1. The molecule has 0 atom stereocenters. The van der Waals surface area contributed by atoms with Gasteiger partial charge in [0.05, 0.1) is 6.54 Å². The molecule has 1 rings (SSSR count). The lowest BCUT2D eigenvalue weighted by Crippen LogP contribution is -2.37. The number of hydrogen-bond acceptors (Lipinski definition) is 3. The predicted molar refractivity (Wildman–Crippen MR) is 77.8 cm³/mol. The summed E-state index contributed by atoms with van der Waals surface area (Å²) in [7, 11) is 0. The van der Waals surface area contributed by atoms with Crippen LogP contribution in [0.15, 0.2) is 36.9 Å². The summed E-state index contributed by atoms with van der Waals surface area (Å²) in [4.78, 5) is 24.3. The van der Waals surface area contributed by atoms with Crippen LogP contribution >= 0.6 is 0 Å². The minimum absolute atomic E-state index is 0.0632. The van der Waals surface area contributed by atoms with Gasteiger partial charge >= 0.3 is 5.97 Å². The van der Waals surface area contributed by atoms with E-state index in [4.69, 9.17) is 5.11 Å². The van der Waals surface area contributed by atoms with Crippen LogP contribution in [-0.4, -0.2) is 48.1 Å². The van der Waals surface area contributed by atoms with Gasteiger partial charge in [-0.15, -0.1) is 6.58 Å². The molecule has 0 aliphatic heterocycles. The Balaban J connectivity index is 2.46. The summed E-state index contributed by atoms with van der Waals surface area (Å²) in [6.07, 6.45) is 1.64. The van der Waals surface area contributed by atoms with Crippen LogP contribution in [0.1, 0.15) is 15.9 Å². The van der Waals surface area contributed by atoms with Crippen molar-refractivity contribution in [3.8, 4) is 0 Å². The summed E-state index contributed by atoms with van der Waals surface area (Å²) in [5.41, 5.74) is 1.56. The molecule has 0 spiro atoms. The average Bonchev–Trinajstić information content (AvgIpc) is 2.38. The van der Waals surface area contributed by atoms with E-state index in [1.807, 2.05) is 25.1 Å². The van der Waals surface area contributed by atoms with Crippen molar-refractivity contribution in [2.24, 2.45) is 0 Å². The highest BCUT2D eigenvalue weighted by molar-refractivity contribution is 5.95. The van der Waals surface area contributed by atoms with Crippen LogP contribution in [0.25, 0.3) is 0 Å². The Morgan fingerprint density at radius 3 is 2.70 bits per heavy atom. The normalized spacial score (nSPS) is 10.3. The van der Waals surface area contributed by atoms with E-state index in [2.05, 4.69) is 11.9 Å². The van der Waals surface area contributed by atoms with Crippen LogP contribution in [0.2, 0.25) is 0 Å². The van der Waals surface area contributed by atoms with Gasteiger partial charge in [0.25, 0.3) is 5.91 Å². The molecule has 0 saturated carbocycles. The zero-order valence-electron chi connectivity index (χ0n) is 11.6. The number of carboxylic acids is 1. The van der Waals surface area contributed by atoms with Crippen LogP contribution in [0.3, 0.4) is 0 Å². The highest BCUT2D eigenvalue weighted by Gasteiger charge is 2.10. The molecule has 0 fully saturated rings. The van der Waals surface area contributed by atoms with E-state index in [1.54, 1.807) is 17.0 Å². The van der Waals surface area contributed by atoms with Gasteiger partial charge in [-0.2, -0.15) is 0 Å². The average molecular weight is 276 g/mol. The topological polar surface area (TPSA) is 69.6 Å². The summed E-state index contributed by atoms with van der Waals surface area (Å²) >= 11 is 0.